The first kappa shape index (κ1) is 17.9. The number of hydrogen-bond acceptors (Lipinski definition) is 4. The van der Waals surface area contributed by atoms with E-state index in [2.05, 4.69) is 0 Å². The molecule has 148 valence electrons. The summed E-state index contributed by atoms with van der Waals surface area (Å²) in [5.74, 6) is 4.94. The van der Waals surface area contributed by atoms with E-state index in [9.17, 15) is 10.2 Å². The SMILES string of the molecule is NC1CC(C2(C3CCC(O)C(N)C3)C3CC4CC(C3)CC2C4)CCC1O. The van der Waals surface area contributed by atoms with Crippen LogP contribution in [0.25, 0.3) is 0 Å². The van der Waals surface area contributed by atoms with Gasteiger partial charge in [0.05, 0.1) is 12.2 Å². The Bertz CT molecular complexity index is 482. The minimum absolute atomic E-state index is 0.0503. The van der Waals surface area contributed by atoms with Crippen molar-refractivity contribution in [2.75, 3.05) is 0 Å². The van der Waals surface area contributed by atoms with Gasteiger partial charge in [0, 0.05) is 12.1 Å². The van der Waals surface area contributed by atoms with E-state index in [4.69, 9.17) is 11.5 Å². The molecular formula is C22H38N2O2. The van der Waals surface area contributed by atoms with E-state index in [-0.39, 0.29) is 24.3 Å². The summed E-state index contributed by atoms with van der Waals surface area (Å²) < 4.78 is 0. The molecule has 6 aliphatic carbocycles. The van der Waals surface area contributed by atoms with E-state index in [1.165, 1.54) is 32.1 Å². The molecule has 6 unspecified atom stereocenters. The molecule has 0 aromatic rings. The molecule has 0 radical (unpaired) electrons. The lowest BCUT2D eigenvalue weighted by Crippen LogP contribution is -2.63. The van der Waals surface area contributed by atoms with Crippen molar-refractivity contribution in [2.45, 2.75) is 94.9 Å². The van der Waals surface area contributed by atoms with Gasteiger partial charge in [-0.25, -0.2) is 0 Å². The Balaban J connectivity index is 1.51. The van der Waals surface area contributed by atoms with Gasteiger partial charge in [0.15, 0.2) is 0 Å². The fraction of sp³-hybridized carbons (Fsp3) is 1.00. The first-order valence-electron chi connectivity index (χ1n) is 11.4. The van der Waals surface area contributed by atoms with Crippen molar-refractivity contribution in [1.82, 2.24) is 0 Å². The molecule has 26 heavy (non-hydrogen) atoms. The summed E-state index contributed by atoms with van der Waals surface area (Å²) in [5, 5.41) is 20.5. The Hall–Kier alpha value is -0.160. The standard InChI is InChI=1S/C22H38N2O2/c23-18-10-14(1-3-20(18)25)22(15-2-4-21(26)19(24)11-15)16-6-12-5-13(8-16)9-17(22)7-12/h12-21,25-26H,1-11,23-24H2. The van der Waals surface area contributed by atoms with Crippen LogP contribution >= 0.6 is 0 Å². The Morgan fingerprint density at radius 1 is 0.538 bits per heavy atom. The molecule has 0 aliphatic heterocycles. The molecule has 6 atom stereocenters. The van der Waals surface area contributed by atoms with Crippen molar-refractivity contribution in [3.8, 4) is 0 Å². The van der Waals surface area contributed by atoms with Crippen molar-refractivity contribution in [3.63, 3.8) is 0 Å². The van der Waals surface area contributed by atoms with Gasteiger partial charge in [0.1, 0.15) is 0 Å². The third-order valence-electron chi connectivity index (χ3n) is 9.69. The monoisotopic (exact) mass is 362 g/mol. The molecule has 6 N–H and O–H groups in total. The number of aliphatic hydroxyl groups is 2. The maximum atomic E-state index is 10.2. The van der Waals surface area contributed by atoms with Crippen LogP contribution in [0.2, 0.25) is 0 Å². The Morgan fingerprint density at radius 2 is 0.962 bits per heavy atom. The van der Waals surface area contributed by atoms with Crippen LogP contribution in [0.3, 0.4) is 0 Å². The maximum absolute atomic E-state index is 10.2. The predicted molar refractivity (Wildman–Crippen MR) is 102 cm³/mol. The van der Waals surface area contributed by atoms with Gasteiger partial charge >= 0.3 is 0 Å². The average Bonchev–Trinajstić information content (AvgIpc) is 2.60. The fourth-order valence-corrected chi connectivity index (χ4v) is 8.95. The van der Waals surface area contributed by atoms with E-state index in [0.29, 0.717) is 17.3 Å². The van der Waals surface area contributed by atoms with E-state index in [1.54, 1.807) is 0 Å². The van der Waals surface area contributed by atoms with E-state index in [0.717, 1.165) is 62.2 Å². The van der Waals surface area contributed by atoms with Crippen LogP contribution < -0.4 is 11.5 Å². The first-order chi connectivity index (χ1) is 12.5. The fourth-order valence-electron chi connectivity index (χ4n) is 8.95. The average molecular weight is 363 g/mol. The van der Waals surface area contributed by atoms with Crippen molar-refractivity contribution >= 4 is 0 Å². The highest BCUT2D eigenvalue weighted by Crippen LogP contribution is 2.70. The third kappa shape index (κ3) is 2.55. The van der Waals surface area contributed by atoms with Crippen LogP contribution in [0, 0.1) is 40.9 Å². The van der Waals surface area contributed by atoms with Gasteiger partial charge in [0.2, 0.25) is 0 Å². The predicted octanol–water partition coefficient (Wildman–Crippen LogP) is 2.41. The summed E-state index contributed by atoms with van der Waals surface area (Å²) in [5.41, 5.74) is 13.2. The second kappa shape index (κ2) is 6.43. The minimum Gasteiger partial charge on any atom is -0.392 e. The molecular weight excluding hydrogens is 324 g/mol. The molecule has 6 rings (SSSR count). The normalized spacial score (nSPS) is 59.5. The van der Waals surface area contributed by atoms with Gasteiger partial charge in [-0.05, 0) is 112 Å². The lowest BCUT2D eigenvalue weighted by Gasteiger charge is -2.68. The summed E-state index contributed by atoms with van der Waals surface area (Å²) in [6.07, 6.45) is 12.6. The quantitative estimate of drug-likeness (QED) is 0.607. The zero-order valence-electron chi connectivity index (χ0n) is 16.1. The lowest BCUT2D eigenvalue weighted by atomic mass is 9.37. The van der Waals surface area contributed by atoms with Gasteiger partial charge < -0.3 is 21.7 Å². The highest BCUT2D eigenvalue weighted by Gasteiger charge is 2.63. The second-order valence-corrected chi connectivity index (χ2v) is 10.8. The first-order valence-corrected chi connectivity index (χ1v) is 11.4. The van der Waals surface area contributed by atoms with Gasteiger partial charge in [-0.1, -0.05) is 0 Å². The molecule has 6 fully saturated rings. The van der Waals surface area contributed by atoms with Crippen LogP contribution in [0.1, 0.15) is 70.6 Å². The molecule has 4 heteroatoms. The molecule has 0 spiro atoms. The second-order valence-electron chi connectivity index (χ2n) is 10.8. The van der Waals surface area contributed by atoms with Gasteiger partial charge in [0.25, 0.3) is 0 Å². The van der Waals surface area contributed by atoms with Gasteiger partial charge in [-0.2, -0.15) is 0 Å². The zero-order valence-corrected chi connectivity index (χ0v) is 16.1. The highest BCUT2D eigenvalue weighted by atomic mass is 16.3. The number of rotatable bonds is 2. The molecule has 0 aromatic carbocycles. The minimum atomic E-state index is -0.310. The summed E-state index contributed by atoms with van der Waals surface area (Å²) >= 11 is 0. The molecule has 0 aromatic heterocycles. The number of aliphatic hydroxyl groups excluding tert-OH is 2. The van der Waals surface area contributed by atoms with Crippen LogP contribution in [-0.4, -0.2) is 34.5 Å². The number of nitrogens with two attached hydrogens (primary N) is 2. The van der Waals surface area contributed by atoms with E-state index >= 15 is 0 Å². The lowest BCUT2D eigenvalue weighted by molar-refractivity contribution is -0.193. The Labute approximate surface area is 158 Å². The third-order valence-corrected chi connectivity index (χ3v) is 9.69. The van der Waals surface area contributed by atoms with E-state index in [1.807, 2.05) is 0 Å². The van der Waals surface area contributed by atoms with Crippen molar-refractivity contribution in [2.24, 2.45) is 52.4 Å². The summed E-state index contributed by atoms with van der Waals surface area (Å²) in [6.45, 7) is 0. The van der Waals surface area contributed by atoms with Crippen LogP contribution in [0.4, 0.5) is 0 Å². The van der Waals surface area contributed by atoms with Crippen LogP contribution in [0.15, 0.2) is 0 Å². The largest absolute Gasteiger partial charge is 0.392 e. The summed E-state index contributed by atoms with van der Waals surface area (Å²) in [6, 6.07) is -0.101. The van der Waals surface area contributed by atoms with Gasteiger partial charge in [-0.15, -0.1) is 0 Å². The number of hydrogen-bond donors (Lipinski definition) is 4. The summed E-state index contributed by atoms with van der Waals surface area (Å²) in [7, 11) is 0. The topological polar surface area (TPSA) is 92.5 Å². The zero-order chi connectivity index (χ0) is 18.1. The molecule has 4 nitrogen and oxygen atoms in total. The Kier molecular flexibility index (Phi) is 4.43. The molecule has 6 aliphatic rings. The smallest absolute Gasteiger partial charge is 0.0691 e. The van der Waals surface area contributed by atoms with Crippen LogP contribution in [0.5, 0.6) is 0 Å². The van der Waals surface area contributed by atoms with Crippen molar-refractivity contribution < 1.29 is 10.2 Å². The molecule has 6 saturated carbocycles. The molecule has 4 bridgehead atoms. The highest BCUT2D eigenvalue weighted by molar-refractivity contribution is 5.13. The molecule has 0 saturated heterocycles. The van der Waals surface area contributed by atoms with Gasteiger partial charge in [-0.3, -0.25) is 0 Å². The summed E-state index contributed by atoms with van der Waals surface area (Å²) in [4.78, 5) is 0. The Morgan fingerprint density at radius 3 is 1.35 bits per heavy atom. The molecule has 0 heterocycles. The van der Waals surface area contributed by atoms with Crippen LogP contribution in [-0.2, 0) is 0 Å². The molecule has 0 amide bonds. The van der Waals surface area contributed by atoms with Crippen molar-refractivity contribution in [1.29, 1.82) is 0 Å². The van der Waals surface area contributed by atoms with Crippen molar-refractivity contribution in [3.05, 3.63) is 0 Å². The van der Waals surface area contributed by atoms with E-state index < -0.39 is 0 Å². The maximum Gasteiger partial charge on any atom is 0.0691 e.